The first kappa shape index (κ1) is 22.5. The van der Waals surface area contributed by atoms with Crippen molar-refractivity contribution in [3.63, 3.8) is 0 Å². The van der Waals surface area contributed by atoms with Crippen LogP contribution < -0.4 is 22.5 Å². The highest BCUT2D eigenvalue weighted by Crippen LogP contribution is 2.23. The second kappa shape index (κ2) is 11.9. The number of rotatable bonds is 10. The number of halogens is 2. The van der Waals surface area contributed by atoms with E-state index in [0.717, 1.165) is 52.4 Å². The van der Waals surface area contributed by atoms with Crippen molar-refractivity contribution in [3.05, 3.63) is 59.1 Å². The Kier molecular flexibility index (Phi) is 9.57. The standard InChI is InChI=1S/C19H22ClN5OS.ClH/c1-2-26-18-10-9-16(20)13-15(18)14-21-11-6-12-27-19-22-23-24-25(19)17-7-4-3-5-8-17;/h3-5,7-10,13,21H,2,6,11-12,14H2,1H3;1H/p-1. The Morgan fingerprint density at radius 2 is 2.00 bits per heavy atom. The van der Waals surface area contributed by atoms with Crippen LogP contribution in [0.3, 0.4) is 0 Å². The summed E-state index contributed by atoms with van der Waals surface area (Å²) in [5.74, 6) is 1.81. The van der Waals surface area contributed by atoms with Crippen molar-refractivity contribution in [2.24, 2.45) is 0 Å². The minimum atomic E-state index is 0. The van der Waals surface area contributed by atoms with Gasteiger partial charge in [-0.1, -0.05) is 41.6 Å². The number of hydrogen-bond acceptors (Lipinski definition) is 6. The van der Waals surface area contributed by atoms with Gasteiger partial charge >= 0.3 is 0 Å². The summed E-state index contributed by atoms with van der Waals surface area (Å²) in [6, 6.07) is 15.6. The van der Waals surface area contributed by atoms with Gasteiger partial charge in [0.2, 0.25) is 5.16 Å². The molecule has 0 aliphatic heterocycles. The maximum absolute atomic E-state index is 6.09. The molecule has 9 heteroatoms. The van der Waals surface area contributed by atoms with Crippen LogP contribution in [0.4, 0.5) is 0 Å². The molecule has 0 saturated heterocycles. The second-order valence-electron chi connectivity index (χ2n) is 5.77. The van der Waals surface area contributed by atoms with E-state index in [1.807, 2.05) is 55.5 Å². The van der Waals surface area contributed by atoms with Crippen LogP contribution in [-0.4, -0.2) is 39.1 Å². The maximum atomic E-state index is 6.09. The predicted molar refractivity (Wildman–Crippen MR) is 109 cm³/mol. The van der Waals surface area contributed by atoms with Crippen LogP contribution in [0.15, 0.2) is 53.7 Å². The molecule has 0 fully saturated rings. The third-order valence-corrected chi connectivity index (χ3v) is 5.05. The molecule has 0 amide bonds. The predicted octanol–water partition coefficient (Wildman–Crippen LogP) is 0.990. The maximum Gasteiger partial charge on any atom is 0.214 e. The number of benzene rings is 2. The van der Waals surface area contributed by atoms with Gasteiger partial charge in [-0.05, 0) is 60.6 Å². The molecular formula is C19H22Cl2N5OS-. The van der Waals surface area contributed by atoms with Crippen LogP contribution in [0.25, 0.3) is 5.69 Å². The summed E-state index contributed by atoms with van der Waals surface area (Å²) in [5, 5.41) is 16.9. The van der Waals surface area contributed by atoms with Crippen molar-refractivity contribution in [2.75, 3.05) is 18.9 Å². The third kappa shape index (κ3) is 6.38. The van der Waals surface area contributed by atoms with E-state index in [9.17, 15) is 0 Å². The van der Waals surface area contributed by atoms with Gasteiger partial charge in [0.1, 0.15) is 5.75 Å². The van der Waals surface area contributed by atoms with E-state index in [-0.39, 0.29) is 12.4 Å². The van der Waals surface area contributed by atoms with Crippen LogP contribution in [0.2, 0.25) is 5.02 Å². The summed E-state index contributed by atoms with van der Waals surface area (Å²) < 4.78 is 7.41. The van der Waals surface area contributed by atoms with E-state index >= 15 is 0 Å². The number of hydrogen-bond donors (Lipinski definition) is 1. The number of para-hydroxylation sites is 1. The average Bonchev–Trinajstić information content (AvgIpc) is 3.16. The summed E-state index contributed by atoms with van der Waals surface area (Å²) in [6.07, 6.45) is 0.997. The molecule has 0 aliphatic carbocycles. The molecule has 0 radical (unpaired) electrons. The number of ether oxygens (including phenoxy) is 1. The molecule has 6 nitrogen and oxygen atoms in total. The summed E-state index contributed by atoms with van der Waals surface area (Å²) in [5.41, 5.74) is 2.04. The quantitative estimate of drug-likeness (QED) is 0.376. The topological polar surface area (TPSA) is 64.9 Å². The molecule has 0 bridgehead atoms. The lowest BCUT2D eigenvalue weighted by atomic mass is 10.2. The Balaban J connectivity index is 0.00000280. The van der Waals surface area contributed by atoms with Crippen LogP contribution in [0, 0.1) is 0 Å². The zero-order chi connectivity index (χ0) is 18.9. The van der Waals surface area contributed by atoms with Gasteiger partial charge in [-0.2, -0.15) is 4.68 Å². The molecule has 0 saturated carbocycles. The van der Waals surface area contributed by atoms with Crippen LogP contribution >= 0.6 is 23.4 Å². The molecule has 1 heterocycles. The van der Waals surface area contributed by atoms with Crippen molar-refractivity contribution in [3.8, 4) is 11.4 Å². The Labute approximate surface area is 180 Å². The lowest BCUT2D eigenvalue weighted by Crippen LogP contribution is -3.00. The van der Waals surface area contributed by atoms with E-state index in [1.165, 1.54) is 0 Å². The fourth-order valence-corrected chi connectivity index (χ4v) is 3.59. The Bertz CT molecular complexity index is 847. The molecule has 0 aliphatic rings. The van der Waals surface area contributed by atoms with Gasteiger partial charge in [-0.25, -0.2) is 0 Å². The first-order chi connectivity index (χ1) is 13.3. The van der Waals surface area contributed by atoms with E-state index in [1.54, 1.807) is 16.4 Å². The summed E-state index contributed by atoms with van der Waals surface area (Å²) in [4.78, 5) is 0. The SMILES string of the molecule is CCOc1ccc(Cl)cc1CNCCCSc1nnnn1-c1ccccc1.[Cl-]. The van der Waals surface area contributed by atoms with Gasteiger partial charge < -0.3 is 22.5 Å². The van der Waals surface area contributed by atoms with Gasteiger partial charge in [0.25, 0.3) is 0 Å². The molecule has 0 atom stereocenters. The van der Waals surface area contributed by atoms with E-state index < -0.39 is 0 Å². The fraction of sp³-hybridized carbons (Fsp3) is 0.316. The van der Waals surface area contributed by atoms with Gasteiger partial charge in [0.05, 0.1) is 12.3 Å². The van der Waals surface area contributed by atoms with Gasteiger partial charge in [0, 0.05) is 22.9 Å². The molecule has 1 N–H and O–H groups in total. The highest BCUT2D eigenvalue weighted by atomic mass is 35.5. The average molecular weight is 439 g/mol. The van der Waals surface area contributed by atoms with Crippen molar-refractivity contribution >= 4 is 23.4 Å². The minimum Gasteiger partial charge on any atom is -1.00 e. The van der Waals surface area contributed by atoms with E-state index in [2.05, 4.69) is 20.8 Å². The number of nitrogens with zero attached hydrogens (tertiary/aromatic N) is 4. The van der Waals surface area contributed by atoms with E-state index in [4.69, 9.17) is 16.3 Å². The monoisotopic (exact) mass is 438 g/mol. The largest absolute Gasteiger partial charge is 1.00 e. The van der Waals surface area contributed by atoms with Gasteiger partial charge in [-0.15, -0.1) is 5.10 Å². The number of thioether (sulfide) groups is 1. The van der Waals surface area contributed by atoms with E-state index in [0.29, 0.717) is 6.61 Å². The molecule has 2 aromatic carbocycles. The Morgan fingerprint density at radius 3 is 2.79 bits per heavy atom. The zero-order valence-corrected chi connectivity index (χ0v) is 17.8. The number of aromatic nitrogens is 4. The molecule has 3 rings (SSSR count). The molecule has 1 aromatic heterocycles. The number of tetrazole rings is 1. The molecule has 28 heavy (non-hydrogen) atoms. The van der Waals surface area contributed by atoms with Gasteiger partial charge in [0.15, 0.2) is 0 Å². The molecule has 3 aromatic rings. The highest BCUT2D eigenvalue weighted by Gasteiger charge is 2.08. The van der Waals surface area contributed by atoms with Crippen LogP contribution in [0.5, 0.6) is 5.75 Å². The van der Waals surface area contributed by atoms with Crippen molar-refractivity contribution < 1.29 is 17.1 Å². The van der Waals surface area contributed by atoms with Gasteiger partial charge in [-0.3, -0.25) is 0 Å². The molecule has 150 valence electrons. The molecular weight excluding hydrogens is 417 g/mol. The third-order valence-electron chi connectivity index (χ3n) is 3.81. The molecule has 0 spiro atoms. The smallest absolute Gasteiger partial charge is 0.214 e. The first-order valence-electron chi connectivity index (χ1n) is 8.86. The summed E-state index contributed by atoms with van der Waals surface area (Å²) in [7, 11) is 0. The lowest BCUT2D eigenvalue weighted by molar-refractivity contribution is -0.00000605. The second-order valence-corrected chi connectivity index (χ2v) is 7.27. The summed E-state index contributed by atoms with van der Waals surface area (Å²) in [6.45, 7) is 4.23. The van der Waals surface area contributed by atoms with Crippen LogP contribution in [0.1, 0.15) is 18.9 Å². The normalized spacial score (nSPS) is 10.5. The minimum absolute atomic E-state index is 0. The summed E-state index contributed by atoms with van der Waals surface area (Å²) >= 11 is 7.74. The van der Waals surface area contributed by atoms with Crippen LogP contribution in [-0.2, 0) is 6.54 Å². The number of nitrogens with one attached hydrogen (secondary N) is 1. The Hall–Kier alpha value is -1.80. The molecule has 0 unspecified atom stereocenters. The fourth-order valence-electron chi connectivity index (χ4n) is 2.57. The van der Waals surface area contributed by atoms with Crippen molar-refractivity contribution in [2.45, 2.75) is 25.0 Å². The van der Waals surface area contributed by atoms with Crippen molar-refractivity contribution in [1.29, 1.82) is 0 Å². The zero-order valence-electron chi connectivity index (χ0n) is 15.5. The lowest BCUT2D eigenvalue weighted by Gasteiger charge is -2.11. The first-order valence-corrected chi connectivity index (χ1v) is 10.2. The Morgan fingerprint density at radius 1 is 1.18 bits per heavy atom. The highest BCUT2D eigenvalue weighted by molar-refractivity contribution is 7.99. The van der Waals surface area contributed by atoms with Crippen molar-refractivity contribution in [1.82, 2.24) is 25.5 Å².